The fourth-order valence-corrected chi connectivity index (χ4v) is 4.20. The summed E-state index contributed by atoms with van der Waals surface area (Å²) >= 11 is 0. The molecule has 0 aromatic rings. The lowest BCUT2D eigenvalue weighted by atomic mass is 9.68. The van der Waals surface area contributed by atoms with Gasteiger partial charge >= 0.3 is 11.9 Å². The molecule has 2 saturated carbocycles. The fourth-order valence-electron chi connectivity index (χ4n) is 4.20. The van der Waals surface area contributed by atoms with Gasteiger partial charge in [-0.1, -0.05) is 13.8 Å². The van der Waals surface area contributed by atoms with Crippen molar-refractivity contribution in [1.82, 2.24) is 0 Å². The molecule has 2 bridgehead atoms. The summed E-state index contributed by atoms with van der Waals surface area (Å²) in [5.41, 5.74) is -0.316. The normalized spacial score (nSPS) is 44.9. The van der Waals surface area contributed by atoms with Gasteiger partial charge in [-0.3, -0.25) is 9.59 Å². The quantitative estimate of drug-likeness (QED) is 0.735. The second kappa shape index (κ2) is 4.22. The first kappa shape index (κ1) is 12.9. The molecule has 106 valence electrons. The first-order chi connectivity index (χ1) is 8.98. The Morgan fingerprint density at radius 1 is 1.53 bits per heavy atom. The van der Waals surface area contributed by atoms with E-state index in [9.17, 15) is 9.59 Å². The third-order valence-corrected chi connectivity index (χ3v) is 5.80. The topological polar surface area (TPSA) is 52.6 Å². The van der Waals surface area contributed by atoms with E-state index in [0.717, 1.165) is 19.3 Å². The Labute approximate surface area is 113 Å². The van der Waals surface area contributed by atoms with E-state index < -0.39 is 0 Å². The Morgan fingerprint density at radius 2 is 2.26 bits per heavy atom. The molecule has 1 heterocycles. The lowest BCUT2D eigenvalue weighted by molar-refractivity contribution is -0.159. The molecule has 3 aliphatic rings. The smallest absolute Gasteiger partial charge is 0.312 e. The Balaban J connectivity index is 1.71. The lowest BCUT2D eigenvalue weighted by Gasteiger charge is -2.35. The van der Waals surface area contributed by atoms with E-state index in [1.165, 1.54) is 0 Å². The number of carbonyl (C=O) groups excluding carboxylic acids is 2. The number of carbonyl (C=O) groups is 2. The van der Waals surface area contributed by atoms with Crippen LogP contribution in [0.2, 0.25) is 0 Å². The molecule has 0 N–H and O–H groups in total. The Kier molecular flexibility index (Phi) is 2.88. The van der Waals surface area contributed by atoms with E-state index in [2.05, 4.69) is 0 Å². The maximum atomic E-state index is 11.9. The molecule has 4 heteroatoms. The number of cyclic esters (lactones) is 1. The highest BCUT2D eigenvalue weighted by Crippen LogP contribution is 2.63. The van der Waals surface area contributed by atoms with Gasteiger partial charge in [-0.25, -0.2) is 0 Å². The zero-order chi connectivity index (χ0) is 13.8. The third kappa shape index (κ3) is 1.65. The van der Waals surface area contributed by atoms with Crippen molar-refractivity contribution in [3.8, 4) is 0 Å². The molecule has 0 aromatic carbocycles. The van der Waals surface area contributed by atoms with Crippen LogP contribution in [0.1, 0.15) is 40.0 Å². The Bertz CT molecular complexity index is 418. The number of esters is 2. The third-order valence-electron chi connectivity index (χ3n) is 5.80. The van der Waals surface area contributed by atoms with E-state index in [1.54, 1.807) is 0 Å². The summed E-state index contributed by atoms with van der Waals surface area (Å²) in [6.45, 7) is 6.44. The SMILES string of the molecule is CCC(C)C(=O)OC1CC2CC1C1COC(=O)C21C. The van der Waals surface area contributed by atoms with Crippen molar-refractivity contribution in [2.75, 3.05) is 6.61 Å². The standard InChI is InChI=1S/C15H22O4/c1-4-8(2)13(16)19-12-6-9-5-10(12)11-7-18-14(17)15(9,11)3/h8-12H,4-7H2,1-3H3. The predicted octanol–water partition coefficient (Wildman–Crippen LogP) is 2.16. The maximum absolute atomic E-state index is 11.9. The van der Waals surface area contributed by atoms with E-state index in [1.807, 2.05) is 20.8 Å². The first-order valence-electron chi connectivity index (χ1n) is 7.36. The molecule has 4 nitrogen and oxygen atoms in total. The molecule has 6 atom stereocenters. The average Bonchev–Trinajstić information content (AvgIpc) is 3.00. The van der Waals surface area contributed by atoms with Gasteiger partial charge < -0.3 is 9.47 Å². The zero-order valence-electron chi connectivity index (χ0n) is 11.8. The Hall–Kier alpha value is -1.06. The van der Waals surface area contributed by atoms with Crippen molar-refractivity contribution in [3.63, 3.8) is 0 Å². The number of fused-ring (bicyclic) bond motifs is 5. The van der Waals surface area contributed by atoms with Crippen molar-refractivity contribution < 1.29 is 19.1 Å². The minimum Gasteiger partial charge on any atom is -0.465 e. The minimum absolute atomic E-state index is 0.000856. The Morgan fingerprint density at radius 3 is 2.95 bits per heavy atom. The van der Waals surface area contributed by atoms with Crippen LogP contribution >= 0.6 is 0 Å². The number of ether oxygens (including phenoxy) is 2. The van der Waals surface area contributed by atoms with E-state index in [4.69, 9.17) is 9.47 Å². The molecule has 0 amide bonds. The van der Waals surface area contributed by atoms with Crippen LogP contribution in [0.15, 0.2) is 0 Å². The highest BCUT2D eigenvalue weighted by atomic mass is 16.6. The van der Waals surface area contributed by atoms with Gasteiger partial charge in [0.2, 0.25) is 0 Å². The molecule has 0 spiro atoms. The molecule has 19 heavy (non-hydrogen) atoms. The van der Waals surface area contributed by atoms with Crippen molar-refractivity contribution >= 4 is 11.9 Å². The highest BCUT2D eigenvalue weighted by Gasteiger charge is 2.67. The van der Waals surface area contributed by atoms with Crippen LogP contribution in [0.3, 0.4) is 0 Å². The molecular formula is C15H22O4. The molecule has 3 rings (SSSR count). The van der Waals surface area contributed by atoms with Gasteiger partial charge in [0.1, 0.15) is 6.10 Å². The van der Waals surface area contributed by atoms with E-state index in [-0.39, 0.29) is 35.3 Å². The second-order valence-electron chi connectivity index (χ2n) is 6.60. The summed E-state index contributed by atoms with van der Waals surface area (Å²) in [5, 5.41) is 0. The molecule has 2 aliphatic carbocycles. The predicted molar refractivity (Wildman–Crippen MR) is 68.1 cm³/mol. The molecule has 0 aromatic heterocycles. The van der Waals surface area contributed by atoms with Gasteiger partial charge in [-0.15, -0.1) is 0 Å². The molecule has 3 fully saturated rings. The van der Waals surface area contributed by atoms with Crippen LogP contribution in [-0.2, 0) is 19.1 Å². The summed E-state index contributed by atoms with van der Waals surface area (Å²) < 4.78 is 10.9. The molecule has 6 unspecified atom stereocenters. The van der Waals surface area contributed by atoms with Gasteiger partial charge in [0.15, 0.2) is 0 Å². The summed E-state index contributed by atoms with van der Waals surface area (Å²) in [5.74, 6) is 0.714. The largest absolute Gasteiger partial charge is 0.465 e. The van der Waals surface area contributed by atoms with Crippen LogP contribution in [-0.4, -0.2) is 24.6 Å². The van der Waals surface area contributed by atoms with Crippen LogP contribution < -0.4 is 0 Å². The van der Waals surface area contributed by atoms with E-state index in [0.29, 0.717) is 18.4 Å². The first-order valence-corrected chi connectivity index (χ1v) is 7.36. The summed E-state index contributed by atoms with van der Waals surface area (Å²) in [6, 6.07) is 0. The molecule has 0 radical (unpaired) electrons. The number of hydrogen-bond acceptors (Lipinski definition) is 4. The van der Waals surface area contributed by atoms with Crippen LogP contribution in [0.5, 0.6) is 0 Å². The van der Waals surface area contributed by atoms with Gasteiger partial charge in [0, 0.05) is 11.8 Å². The van der Waals surface area contributed by atoms with Crippen LogP contribution in [0, 0.1) is 29.1 Å². The second-order valence-corrected chi connectivity index (χ2v) is 6.60. The maximum Gasteiger partial charge on any atom is 0.312 e. The summed E-state index contributed by atoms with van der Waals surface area (Å²) in [6.07, 6.45) is 2.64. The fraction of sp³-hybridized carbons (Fsp3) is 0.867. The van der Waals surface area contributed by atoms with Crippen LogP contribution in [0.4, 0.5) is 0 Å². The van der Waals surface area contributed by atoms with Gasteiger partial charge in [-0.05, 0) is 32.1 Å². The van der Waals surface area contributed by atoms with Gasteiger partial charge in [0.25, 0.3) is 0 Å². The average molecular weight is 266 g/mol. The van der Waals surface area contributed by atoms with Crippen molar-refractivity contribution in [2.45, 2.75) is 46.1 Å². The monoisotopic (exact) mass is 266 g/mol. The summed E-state index contributed by atoms with van der Waals surface area (Å²) in [4.78, 5) is 23.8. The van der Waals surface area contributed by atoms with Gasteiger partial charge in [-0.2, -0.15) is 0 Å². The molecule has 1 saturated heterocycles. The van der Waals surface area contributed by atoms with E-state index >= 15 is 0 Å². The molecular weight excluding hydrogens is 244 g/mol. The lowest BCUT2D eigenvalue weighted by Crippen LogP contribution is -2.42. The molecule has 1 aliphatic heterocycles. The van der Waals surface area contributed by atoms with Crippen molar-refractivity contribution in [1.29, 1.82) is 0 Å². The van der Waals surface area contributed by atoms with Crippen molar-refractivity contribution in [2.24, 2.45) is 29.1 Å². The zero-order valence-corrected chi connectivity index (χ0v) is 11.8. The van der Waals surface area contributed by atoms with Crippen molar-refractivity contribution in [3.05, 3.63) is 0 Å². The highest BCUT2D eigenvalue weighted by molar-refractivity contribution is 5.80. The number of rotatable bonds is 3. The number of hydrogen-bond donors (Lipinski definition) is 0. The minimum atomic E-state index is -0.316. The van der Waals surface area contributed by atoms with Gasteiger partial charge in [0.05, 0.1) is 17.9 Å². The van der Waals surface area contributed by atoms with Crippen LogP contribution in [0.25, 0.3) is 0 Å². The summed E-state index contributed by atoms with van der Waals surface area (Å²) in [7, 11) is 0.